The smallest absolute Gasteiger partial charge is 0.360 e. The van der Waals surface area contributed by atoms with Gasteiger partial charge in [-0.2, -0.15) is 5.10 Å². The zero-order valence-electron chi connectivity index (χ0n) is 12.4. The van der Waals surface area contributed by atoms with E-state index >= 15 is 0 Å². The van der Waals surface area contributed by atoms with Crippen molar-refractivity contribution in [3.63, 3.8) is 0 Å². The van der Waals surface area contributed by atoms with E-state index in [0.717, 1.165) is 18.2 Å². The van der Waals surface area contributed by atoms with Gasteiger partial charge in [-0.15, -0.1) is 0 Å². The number of hydrogen-bond acceptors (Lipinski definition) is 8. The summed E-state index contributed by atoms with van der Waals surface area (Å²) in [6.07, 6.45) is 0. The summed E-state index contributed by atoms with van der Waals surface area (Å²) in [6, 6.07) is 3.40. The number of nitrogens with one attached hydrogen (secondary N) is 1. The molecule has 0 amide bonds. The molecule has 0 bridgehead atoms. The van der Waals surface area contributed by atoms with Crippen molar-refractivity contribution in [2.75, 3.05) is 19.1 Å². The van der Waals surface area contributed by atoms with Crippen LogP contribution in [0.1, 0.15) is 13.8 Å². The first-order valence-corrected chi connectivity index (χ1v) is 6.32. The number of nitro benzene ring substituents is 1. The Bertz CT molecular complexity index is 639. The summed E-state index contributed by atoms with van der Waals surface area (Å²) < 4.78 is 4.85. The minimum atomic E-state index is -0.692. The Hall–Kier alpha value is -2.97. The number of hydrazone groups is 1. The van der Waals surface area contributed by atoms with Gasteiger partial charge >= 0.3 is 5.97 Å². The molecule has 0 aliphatic rings. The molecule has 22 heavy (non-hydrogen) atoms. The van der Waals surface area contributed by atoms with Crippen molar-refractivity contribution in [2.24, 2.45) is 10.1 Å². The van der Waals surface area contributed by atoms with Crippen LogP contribution in [0.3, 0.4) is 0 Å². The SMILES string of the molecule is CCOC(=O)/C(=N\Nc1cc([N+](=O)[O-])ccc1O)C(C)=NC. The Balaban J connectivity index is 3.12. The highest BCUT2D eigenvalue weighted by Gasteiger charge is 2.17. The molecule has 0 atom stereocenters. The first-order valence-electron chi connectivity index (χ1n) is 6.32. The predicted molar refractivity (Wildman–Crippen MR) is 81.5 cm³/mol. The van der Waals surface area contributed by atoms with Gasteiger partial charge in [0.1, 0.15) is 11.4 Å². The Labute approximate surface area is 126 Å². The monoisotopic (exact) mass is 308 g/mol. The molecule has 1 rings (SSSR count). The number of aromatic hydroxyl groups is 1. The van der Waals surface area contributed by atoms with E-state index in [1.54, 1.807) is 13.8 Å². The van der Waals surface area contributed by atoms with Gasteiger partial charge in [0, 0.05) is 19.2 Å². The average molecular weight is 308 g/mol. The Kier molecular flexibility index (Phi) is 5.99. The van der Waals surface area contributed by atoms with Crippen LogP contribution in [-0.4, -0.2) is 41.1 Å². The molecule has 9 heteroatoms. The van der Waals surface area contributed by atoms with E-state index < -0.39 is 10.9 Å². The van der Waals surface area contributed by atoms with Crippen LogP contribution in [0, 0.1) is 10.1 Å². The number of non-ortho nitro benzene ring substituents is 1. The minimum absolute atomic E-state index is 0.0140. The second-order valence-corrected chi connectivity index (χ2v) is 4.06. The normalized spacial score (nSPS) is 12.0. The fourth-order valence-electron chi connectivity index (χ4n) is 1.42. The summed E-state index contributed by atoms with van der Waals surface area (Å²) in [6.45, 7) is 3.37. The van der Waals surface area contributed by atoms with Crippen molar-refractivity contribution in [3.8, 4) is 5.75 Å². The first-order chi connectivity index (χ1) is 10.4. The number of hydrogen-bond donors (Lipinski definition) is 2. The van der Waals surface area contributed by atoms with Crippen LogP contribution >= 0.6 is 0 Å². The quantitative estimate of drug-likeness (QED) is 0.271. The molecule has 0 fully saturated rings. The highest BCUT2D eigenvalue weighted by molar-refractivity contribution is 6.65. The third-order valence-corrected chi connectivity index (χ3v) is 2.63. The number of carbonyl (C=O) groups is 1. The molecule has 0 aliphatic heterocycles. The van der Waals surface area contributed by atoms with Crippen molar-refractivity contribution in [2.45, 2.75) is 13.8 Å². The molecule has 9 nitrogen and oxygen atoms in total. The summed E-state index contributed by atoms with van der Waals surface area (Å²) in [4.78, 5) is 25.7. The fraction of sp³-hybridized carbons (Fsp3) is 0.308. The number of benzene rings is 1. The lowest BCUT2D eigenvalue weighted by Gasteiger charge is -2.07. The lowest BCUT2D eigenvalue weighted by molar-refractivity contribution is -0.384. The average Bonchev–Trinajstić information content (AvgIpc) is 2.48. The van der Waals surface area contributed by atoms with Gasteiger partial charge in [0.15, 0.2) is 5.71 Å². The molecular weight excluding hydrogens is 292 g/mol. The number of nitrogens with zero attached hydrogens (tertiary/aromatic N) is 3. The Morgan fingerprint density at radius 2 is 2.18 bits per heavy atom. The van der Waals surface area contributed by atoms with Gasteiger partial charge in [0.05, 0.1) is 17.2 Å². The molecule has 0 aliphatic carbocycles. The van der Waals surface area contributed by atoms with E-state index in [-0.39, 0.29) is 29.4 Å². The largest absolute Gasteiger partial charge is 0.506 e. The molecule has 1 aromatic rings. The maximum absolute atomic E-state index is 11.8. The highest BCUT2D eigenvalue weighted by Crippen LogP contribution is 2.27. The molecule has 0 spiro atoms. The molecule has 0 unspecified atom stereocenters. The van der Waals surface area contributed by atoms with Crippen LogP contribution in [0.2, 0.25) is 0 Å². The van der Waals surface area contributed by atoms with Crippen LogP contribution in [-0.2, 0) is 9.53 Å². The lowest BCUT2D eigenvalue weighted by Crippen LogP contribution is -2.25. The number of ether oxygens (including phenoxy) is 1. The molecule has 0 saturated heterocycles. The maximum atomic E-state index is 11.8. The topological polar surface area (TPSA) is 126 Å². The molecule has 118 valence electrons. The number of phenols is 1. The van der Waals surface area contributed by atoms with Gasteiger partial charge in [-0.05, 0) is 19.9 Å². The van der Waals surface area contributed by atoms with Gasteiger partial charge in [-0.3, -0.25) is 20.5 Å². The second-order valence-electron chi connectivity index (χ2n) is 4.06. The maximum Gasteiger partial charge on any atom is 0.360 e. The summed E-state index contributed by atoms with van der Waals surface area (Å²) in [5.74, 6) is -0.938. The molecule has 0 radical (unpaired) electrons. The number of carbonyl (C=O) groups excluding carboxylic acids is 1. The minimum Gasteiger partial charge on any atom is -0.506 e. The van der Waals surface area contributed by atoms with Crippen molar-refractivity contribution >= 4 is 28.8 Å². The number of rotatable bonds is 6. The van der Waals surface area contributed by atoms with Gasteiger partial charge < -0.3 is 9.84 Å². The molecular formula is C13H16N4O5. The number of anilines is 1. The summed E-state index contributed by atoms with van der Waals surface area (Å²) in [5, 5.41) is 24.2. The molecule has 2 N–H and O–H groups in total. The van der Waals surface area contributed by atoms with Crippen molar-refractivity contribution < 1.29 is 19.6 Å². The van der Waals surface area contributed by atoms with Crippen LogP contribution in [0.4, 0.5) is 11.4 Å². The third kappa shape index (κ3) is 4.27. The number of phenolic OH excluding ortho intramolecular Hbond substituents is 1. The molecule has 0 heterocycles. The van der Waals surface area contributed by atoms with Gasteiger partial charge in [0.2, 0.25) is 0 Å². The standard InChI is InChI=1S/C13H16N4O5/c1-4-22-13(19)12(8(2)14-3)16-15-10-7-9(17(20)21)5-6-11(10)18/h5-7,15,18H,4H2,1-3H3/b14-8?,16-12-. The lowest BCUT2D eigenvalue weighted by atomic mass is 10.2. The van der Waals surface area contributed by atoms with E-state index in [9.17, 15) is 20.0 Å². The van der Waals surface area contributed by atoms with Crippen LogP contribution < -0.4 is 5.43 Å². The van der Waals surface area contributed by atoms with E-state index in [2.05, 4.69) is 15.5 Å². The van der Waals surface area contributed by atoms with E-state index in [1.165, 1.54) is 7.05 Å². The molecule has 0 aromatic heterocycles. The molecule has 1 aromatic carbocycles. The van der Waals surface area contributed by atoms with Crippen molar-refractivity contribution in [3.05, 3.63) is 28.3 Å². The van der Waals surface area contributed by atoms with E-state index in [1.807, 2.05) is 0 Å². The number of aliphatic imine (C=N–C) groups is 1. The van der Waals surface area contributed by atoms with Crippen LogP contribution in [0.25, 0.3) is 0 Å². The Morgan fingerprint density at radius 3 is 2.73 bits per heavy atom. The van der Waals surface area contributed by atoms with E-state index in [0.29, 0.717) is 5.71 Å². The van der Waals surface area contributed by atoms with Crippen molar-refractivity contribution in [1.29, 1.82) is 0 Å². The zero-order chi connectivity index (χ0) is 16.7. The van der Waals surface area contributed by atoms with Gasteiger partial charge in [-0.1, -0.05) is 0 Å². The van der Waals surface area contributed by atoms with Crippen LogP contribution in [0.5, 0.6) is 5.75 Å². The fourth-order valence-corrected chi connectivity index (χ4v) is 1.42. The summed E-state index contributed by atoms with van der Waals surface area (Å²) in [5.41, 5.74) is 2.40. The predicted octanol–water partition coefficient (Wildman–Crippen LogP) is 1.72. The summed E-state index contributed by atoms with van der Waals surface area (Å²) in [7, 11) is 1.48. The number of esters is 1. The number of nitro groups is 1. The Morgan fingerprint density at radius 1 is 1.50 bits per heavy atom. The summed E-state index contributed by atoms with van der Waals surface area (Å²) >= 11 is 0. The van der Waals surface area contributed by atoms with Gasteiger partial charge in [-0.25, -0.2) is 4.79 Å². The van der Waals surface area contributed by atoms with Crippen molar-refractivity contribution in [1.82, 2.24) is 0 Å². The first kappa shape index (κ1) is 17.1. The third-order valence-electron chi connectivity index (χ3n) is 2.63. The zero-order valence-corrected chi connectivity index (χ0v) is 12.4. The molecule has 0 saturated carbocycles. The van der Waals surface area contributed by atoms with Crippen LogP contribution in [0.15, 0.2) is 28.3 Å². The highest BCUT2D eigenvalue weighted by atomic mass is 16.6. The van der Waals surface area contributed by atoms with Gasteiger partial charge in [0.25, 0.3) is 5.69 Å². The van der Waals surface area contributed by atoms with E-state index in [4.69, 9.17) is 4.74 Å². The second kappa shape index (κ2) is 7.72.